The highest BCUT2D eigenvalue weighted by molar-refractivity contribution is 6.30. The van der Waals surface area contributed by atoms with E-state index in [0.717, 1.165) is 17.1 Å². The second-order valence-corrected chi connectivity index (χ2v) is 5.31. The van der Waals surface area contributed by atoms with Crippen molar-refractivity contribution in [3.63, 3.8) is 0 Å². The zero-order chi connectivity index (χ0) is 19.4. The molecule has 0 unspecified atom stereocenters. The Kier molecular flexibility index (Phi) is 10.8. The number of aromatic amines is 3. The lowest BCUT2D eigenvalue weighted by Gasteiger charge is -1.76. The van der Waals surface area contributed by atoms with Crippen LogP contribution < -0.4 is 0 Å². The number of H-pyrrole nitrogens is 3. The number of nitrogens with one attached hydrogen (secondary N) is 3. The molecule has 6 N–H and O–H groups in total. The van der Waals surface area contributed by atoms with E-state index in [1.165, 1.54) is 16.7 Å². The molecule has 0 saturated carbocycles. The molecular weight excluding hydrogens is 323 g/mol. The third kappa shape index (κ3) is 10.9. The summed E-state index contributed by atoms with van der Waals surface area (Å²) in [6, 6.07) is 0. The van der Waals surface area contributed by atoms with Crippen LogP contribution in [0.4, 0.5) is 0 Å². The average Bonchev–Trinajstić information content (AvgIpc) is 3.19. The van der Waals surface area contributed by atoms with Gasteiger partial charge in [-0.1, -0.05) is 0 Å². The SMILES string of the molecule is Cc1c[nH]nc1C.Cc1c[nH]nc1C.Cc1c[nH]nc1C.OB(O)O. The molecule has 3 rings (SSSR count). The summed E-state index contributed by atoms with van der Waals surface area (Å²) in [7, 11) is -2.17. The lowest BCUT2D eigenvalue weighted by atomic mass is 10.3. The third-order valence-electron chi connectivity index (χ3n) is 3.25. The van der Waals surface area contributed by atoms with E-state index in [1.54, 1.807) is 0 Å². The summed E-state index contributed by atoms with van der Waals surface area (Å²) in [6.07, 6.45) is 5.65. The summed E-state index contributed by atoms with van der Waals surface area (Å²) < 4.78 is 0. The molecule has 25 heavy (non-hydrogen) atoms. The number of aryl methyl sites for hydroxylation is 6. The molecule has 0 radical (unpaired) electrons. The maximum absolute atomic E-state index is 7.17. The fourth-order valence-electron chi connectivity index (χ4n) is 1.26. The van der Waals surface area contributed by atoms with Gasteiger partial charge in [-0.05, 0) is 58.2 Å². The highest BCUT2D eigenvalue weighted by Gasteiger charge is 1.92. The Morgan fingerprint density at radius 2 is 0.800 bits per heavy atom. The maximum Gasteiger partial charge on any atom is 0.631 e. The monoisotopic (exact) mass is 350 g/mol. The van der Waals surface area contributed by atoms with Crippen molar-refractivity contribution in [1.82, 2.24) is 30.6 Å². The van der Waals surface area contributed by atoms with Crippen LogP contribution in [0.5, 0.6) is 0 Å². The van der Waals surface area contributed by atoms with Gasteiger partial charge in [0.2, 0.25) is 0 Å². The van der Waals surface area contributed by atoms with Gasteiger partial charge in [-0.3, -0.25) is 15.3 Å². The Hall–Kier alpha value is -2.43. The number of hydrogen-bond donors (Lipinski definition) is 6. The molecule has 10 heteroatoms. The van der Waals surface area contributed by atoms with Gasteiger partial charge in [0.1, 0.15) is 0 Å². The smallest absolute Gasteiger partial charge is 0.402 e. The van der Waals surface area contributed by atoms with Crippen molar-refractivity contribution in [3.05, 3.63) is 52.4 Å². The van der Waals surface area contributed by atoms with E-state index in [2.05, 4.69) is 30.6 Å². The molecule has 0 aliphatic heterocycles. The topological polar surface area (TPSA) is 147 Å². The molecule has 3 heterocycles. The standard InChI is InChI=1S/3C5H8N2.BH3O3/c3*1-4-3-6-7-5(4)2;2-1(3)4/h3*3H,1-2H3,(H,6,7);2-4H. The summed E-state index contributed by atoms with van der Waals surface area (Å²) in [6.45, 7) is 12.0. The molecule has 0 fully saturated rings. The minimum atomic E-state index is -2.17. The van der Waals surface area contributed by atoms with E-state index in [-0.39, 0.29) is 0 Å². The minimum absolute atomic E-state index is 1.08. The van der Waals surface area contributed by atoms with Crippen LogP contribution in [0.1, 0.15) is 33.8 Å². The molecule has 0 aromatic carbocycles. The molecule has 9 nitrogen and oxygen atoms in total. The van der Waals surface area contributed by atoms with Crippen LogP contribution in [-0.2, 0) is 0 Å². The zero-order valence-corrected chi connectivity index (χ0v) is 15.5. The molecule has 0 aliphatic carbocycles. The second kappa shape index (κ2) is 12.0. The summed E-state index contributed by atoms with van der Waals surface area (Å²) in [5.74, 6) is 0. The highest BCUT2D eigenvalue weighted by Crippen LogP contribution is 1.97. The average molecular weight is 350 g/mol. The van der Waals surface area contributed by atoms with Crippen molar-refractivity contribution in [1.29, 1.82) is 0 Å². The van der Waals surface area contributed by atoms with Crippen LogP contribution in [0.2, 0.25) is 0 Å². The third-order valence-corrected chi connectivity index (χ3v) is 3.25. The van der Waals surface area contributed by atoms with Crippen molar-refractivity contribution < 1.29 is 15.1 Å². The van der Waals surface area contributed by atoms with Crippen molar-refractivity contribution >= 4 is 7.32 Å². The van der Waals surface area contributed by atoms with Gasteiger partial charge in [0.15, 0.2) is 0 Å². The summed E-state index contributed by atoms with van der Waals surface area (Å²) in [4.78, 5) is 0. The van der Waals surface area contributed by atoms with E-state index in [9.17, 15) is 0 Å². The van der Waals surface area contributed by atoms with Gasteiger partial charge in [0.05, 0.1) is 17.1 Å². The van der Waals surface area contributed by atoms with Crippen LogP contribution in [0.15, 0.2) is 18.6 Å². The van der Waals surface area contributed by atoms with Crippen LogP contribution in [0, 0.1) is 41.5 Å². The van der Waals surface area contributed by atoms with Crippen LogP contribution in [0.25, 0.3) is 0 Å². The predicted molar refractivity (Wildman–Crippen MR) is 96.6 cm³/mol. The lowest BCUT2D eigenvalue weighted by molar-refractivity contribution is 0.278. The van der Waals surface area contributed by atoms with Gasteiger partial charge in [0.25, 0.3) is 0 Å². The first-order valence-corrected chi connectivity index (χ1v) is 7.60. The van der Waals surface area contributed by atoms with Crippen LogP contribution >= 0.6 is 0 Å². The Labute approximate surface area is 147 Å². The van der Waals surface area contributed by atoms with E-state index in [1.807, 2.05) is 60.1 Å². The van der Waals surface area contributed by atoms with Gasteiger partial charge < -0.3 is 15.1 Å². The zero-order valence-electron chi connectivity index (χ0n) is 15.5. The van der Waals surface area contributed by atoms with Gasteiger partial charge in [0, 0.05) is 18.6 Å². The molecule has 138 valence electrons. The van der Waals surface area contributed by atoms with E-state index in [4.69, 9.17) is 15.1 Å². The van der Waals surface area contributed by atoms with E-state index in [0.29, 0.717) is 0 Å². The first kappa shape index (κ1) is 22.6. The Bertz CT molecular complexity index is 564. The first-order valence-electron chi connectivity index (χ1n) is 7.60. The molecule has 0 saturated heterocycles. The van der Waals surface area contributed by atoms with Crippen molar-refractivity contribution in [3.8, 4) is 0 Å². The Balaban J connectivity index is 0.000000314. The minimum Gasteiger partial charge on any atom is -0.402 e. The summed E-state index contributed by atoms with van der Waals surface area (Å²) in [5.41, 5.74) is 6.92. The van der Waals surface area contributed by atoms with Crippen LogP contribution in [0.3, 0.4) is 0 Å². The van der Waals surface area contributed by atoms with Crippen molar-refractivity contribution in [2.45, 2.75) is 41.5 Å². The summed E-state index contributed by atoms with van der Waals surface area (Å²) in [5, 5.41) is 41.4. The Morgan fingerprint density at radius 3 is 0.840 bits per heavy atom. The predicted octanol–water partition coefficient (Wildman–Crippen LogP) is 1.03. The fraction of sp³-hybridized carbons (Fsp3) is 0.400. The molecule has 0 spiro atoms. The van der Waals surface area contributed by atoms with E-state index < -0.39 is 7.32 Å². The van der Waals surface area contributed by atoms with Crippen molar-refractivity contribution in [2.24, 2.45) is 0 Å². The van der Waals surface area contributed by atoms with Gasteiger partial charge in [-0.15, -0.1) is 0 Å². The maximum atomic E-state index is 7.17. The number of nitrogens with zero attached hydrogens (tertiary/aromatic N) is 3. The van der Waals surface area contributed by atoms with Gasteiger partial charge >= 0.3 is 7.32 Å². The lowest BCUT2D eigenvalue weighted by Crippen LogP contribution is -2.07. The largest absolute Gasteiger partial charge is 0.631 e. The number of hydrogen-bond acceptors (Lipinski definition) is 6. The first-order chi connectivity index (χ1) is 11.6. The molecule has 0 bridgehead atoms. The molecule has 0 atom stereocenters. The highest BCUT2D eigenvalue weighted by atomic mass is 16.5. The van der Waals surface area contributed by atoms with Crippen LogP contribution in [-0.4, -0.2) is 53.0 Å². The second-order valence-electron chi connectivity index (χ2n) is 5.31. The number of aromatic nitrogens is 6. The molecule has 3 aromatic rings. The quantitative estimate of drug-likeness (QED) is 0.334. The summed E-state index contributed by atoms with van der Waals surface area (Å²) >= 11 is 0. The Morgan fingerprint density at radius 1 is 0.600 bits per heavy atom. The molecule has 3 aromatic heterocycles. The molecule has 0 aliphatic rings. The number of rotatable bonds is 0. The fourth-order valence-corrected chi connectivity index (χ4v) is 1.26. The van der Waals surface area contributed by atoms with Gasteiger partial charge in [-0.25, -0.2) is 0 Å². The van der Waals surface area contributed by atoms with Gasteiger partial charge in [-0.2, -0.15) is 15.3 Å². The molecule has 0 amide bonds. The normalized spacial score (nSPS) is 9.00. The molecular formula is C15H27BN6O3. The van der Waals surface area contributed by atoms with E-state index >= 15 is 0 Å². The van der Waals surface area contributed by atoms with Crippen molar-refractivity contribution in [2.75, 3.05) is 0 Å².